The summed E-state index contributed by atoms with van der Waals surface area (Å²) in [5.74, 6) is -1.54. The first-order chi connectivity index (χ1) is 12.6. The second-order valence-corrected chi connectivity index (χ2v) is 5.22. The fourth-order valence-corrected chi connectivity index (χ4v) is 2.33. The lowest BCUT2D eigenvalue weighted by Gasteiger charge is -2.08. The van der Waals surface area contributed by atoms with Crippen LogP contribution in [0.15, 0.2) is 48.8 Å². The molecule has 0 aliphatic rings. The standard InChI is InChI=1S/C18H15F2N3O3/c1-2-25-18(24)11-26-17-8-16(12-7-13(19)10-21-9-12)23(22-17)15-6-4-3-5-14(15)20/h3-10H,2,11H2,1H3. The number of nitrogens with zero attached hydrogens (tertiary/aromatic N) is 3. The van der Waals surface area contributed by atoms with Crippen molar-refractivity contribution in [1.29, 1.82) is 0 Å². The highest BCUT2D eigenvalue weighted by Gasteiger charge is 2.17. The Labute approximate surface area is 148 Å². The van der Waals surface area contributed by atoms with Crippen LogP contribution in [0.25, 0.3) is 16.9 Å². The van der Waals surface area contributed by atoms with E-state index in [2.05, 4.69) is 10.1 Å². The van der Waals surface area contributed by atoms with Gasteiger partial charge >= 0.3 is 5.97 Å². The molecule has 0 amide bonds. The Balaban J connectivity index is 2.01. The summed E-state index contributed by atoms with van der Waals surface area (Å²) >= 11 is 0. The van der Waals surface area contributed by atoms with Crippen LogP contribution < -0.4 is 4.74 Å². The molecular formula is C18H15F2N3O3. The van der Waals surface area contributed by atoms with E-state index in [4.69, 9.17) is 9.47 Å². The molecular weight excluding hydrogens is 344 g/mol. The number of benzene rings is 1. The molecule has 26 heavy (non-hydrogen) atoms. The zero-order valence-electron chi connectivity index (χ0n) is 13.9. The average molecular weight is 359 g/mol. The smallest absolute Gasteiger partial charge is 0.344 e. The first-order valence-corrected chi connectivity index (χ1v) is 7.82. The number of carbonyl (C=O) groups is 1. The van der Waals surface area contributed by atoms with Gasteiger partial charge < -0.3 is 9.47 Å². The van der Waals surface area contributed by atoms with Crippen molar-refractivity contribution in [1.82, 2.24) is 14.8 Å². The molecule has 0 N–H and O–H groups in total. The van der Waals surface area contributed by atoms with Gasteiger partial charge in [0.05, 0.1) is 18.5 Å². The minimum Gasteiger partial charge on any atom is -0.465 e. The minimum absolute atomic E-state index is 0.0700. The van der Waals surface area contributed by atoms with E-state index in [9.17, 15) is 13.6 Å². The summed E-state index contributed by atoms with van der Waals surface area (Å²) in [5.41, 5.74) is 0.894. The van der Waals surface area contributed by atoms with Gasteiger partial charge in [-0.3, -0.25) is 4.98 Å². The predicted molar refractivity (Wildman–Crippen MR) is 88.8 cm³/mol. The number of para-hydroxylation sites is 1. The third-order valence-corrected chi connectivity index (χ3v) is 3.41. The summed E-state index contributed by atoms with van der Waals surface area (Å²) in [7, 11) is 0. The van der Waals surface area contributed by atoms with Crippen molar-refractivity contribution in [3.63, 3.8) is 0 Å². The molecule has 1 aromatic carbocycles. The molecule has 2 heterocycles. The third-order valence-electron chi connectivity index (χ3n) is 3.41. The van der Waals surface area contributed by atoms with Crippen molar-refractivity contribution < 1.29 is 23.0 Å². The number of hydrogen-bond donors (Lipinski definition) is 0. The van der Waals surface area contributed by atoms with Crippen LogP contribution in [0.5, 0.6) is 5.88 Å². The maximum atomic E-state index is 14.2. The van der Waals surface area contributed by atoms with E-state index in [-0.39, 0.29) is 24.8 Å². The van der Waals surface area contributed by atoms with E-state index >= 15 is 0 Å². The second-order valence-electron chi connectivity index (χ2n) is 5.22. The molecule has 0 aliphatic carbocycles. The highest BCUT2D eigenvalue weighted by Crippen LogP contribution is 2.28. The van der Waals surface area contributed by atoms with Crippen molar-refractivity contribution in [2.24, 2.45) is 0 Å². The van der Waals surface area contributed by atoms with Crippen molar-refractivity contribution in [3.8, 4) is 22.8 Å². The third kappa shape index (κ3) is 3.85. The first kappa shape index (κ1) is 17.5. The number of ether oxygens (including phenoxy) is 2. The molecule has 0 saturated carbocycles. The number of carbonyl (C=O) groups excluding carboxylic acids is 1. The molecule has 2 aromatic heterocycles. The first-order valence-electron chi connectivity index (χ1n) is 7.82. The maximum absolute atomic E-state index is 14.2. The molecule has 8 heteroatoms. The zero-order chi connectivity index (χ0) is 18.5. The van der Waals surface area contributed by atoms with Gasteiger partial charge in [-0.25, -0.2) is 18.3 Å². The molecule has 134 valence electrons. The topological polar surface area (TPSA) is 66.2 Å². The summed E-state index contributed by atoms with van der Waals surface area (Å²) < 4.78 is 39.1. The van der Waals surface area contributed by atoms with Gasteiger partial charge in [0.25, 0.3) is 0 Å². The Hall–Kier alpha value is -3.29. The summed E-state index contributed by atoms with van der Waals surface area (Å²) in [6, 6.07) is 8.72. The lowest BCUT2D eigenvalue weighted by molar-refractivity contribution is -0.145. The van der Waals surface area contributed by atoms with Crippen molar-refractivity contribution >= 4 is 5.97 Å². The second kappa shape index (κ2) is 7.73. The van der Waals surface area contributed by atoms with Crippen LogP contribution in [-0.2, 0) is 9.53 Å². The van der Waals surface area contributed by atoms with Crippen molar-refractivity contribution in [2.75, 3.05) is 13.2 Å². The van der Waals surface area contributed by atoms with Crippen LogP contribution in [-0.4, -0.2) is 33.9 Å². The van der Waals surface area contributed by atoms with Crippen LogP contribution in [0.1, 0.15) is 6.92 Å². The number of pyridine rings is 1. The van der Waals surface area contributed by atoms with Crippen LogP contribution >= 0.6 is 0 Å². The van der Waals surface area contributed by atoms with Gasteiger partial charge in [-0.15, -0.1) is 5.10 Å². The molecule has 6 nitrogen and oxygen atoms in total. The molecule has 0 radical (unpaired) electrons. The van der Waals surface area contributed by atoms with E-state index in [0.717, 1.165) is 6.20 Å². The van der Waals surface area contributed by atoms with Crippen LogP contribution in [0, 0.1) is 11.6 Å². The Kier molecular flexibility index (Phi) is 5.21. The Morgan fingerprint density at radius 3 is 2.73 bits per heavy atom. The monoisotopic (exact) mass is 359 g/mol. The summed E-state index contributed by atoms with van der Waals surface area (Å²) in [6.45, 7) is 1.56. The lowest BCUT2D eigenvalue weighted by Crippen LogP contribution is -2.14. The molecule has 3 aromatic rings. The largest absolute Gasteiger partial charge is 0.465 e. The number of rotatable bonds is 6. The molecule has 0 aliphatic heterocycles. The van der Waals surface area contributed by atoms with Crippen LogP contribution in [0.2, 0.25) is 0 Å². The van der Waals surface area contributed by atoms with E-state index in [1.165, 1.54) is 35.1 Å². The fraction of sp³-hybridized carbons (Fsp3) is 0.167. The summed E-state index contributed by atoms with van der Waals surface area (Å²) in [6.07, 6.45) is 2.48. The highest BCUT2D eigenvalue weighted by atomic mass is 19.1. The predicted octanol–water partition coefficient (Wildman–Crippen LogP) is 3.15. The number of halogens is 2. The van der Waals surface area contributed by atoms with Gasteiger partial charge in [-0.1, -0.05) is 12.1 Å². The minimum atomic E-state index is -0.554. The van der Waals surface area contributed by atoms with E-state index in [1.54, 1.807) is 19.1 Å². The van der Waals surface area contributed by atoms with Crippen molar-refractivity contribution in [3.05, 3.63) is 60.4 Å². The molecule has 0 fully saturated rings. The molecule has 0 unspecified atom stereocenters. The zero-order valence-corrected chi connectivity index (χ0v) is 13.9. The van der Waals surface area contributed by atoms with Crippen molar-refractivity contribution in [2.45, 2.75) is 6.92 Å². The average Bonchev–Trinajstić information content (AvgIpc) is 3.05. The number of esters is 1. The summed E-state index contributed by atoms with van der Waals surface area (Å²) in [5, 5.41) is 4.18. The molecule has 0 bridgehead atoms. The van der Waals surface area contributed by atoms with E-state index < -0.39 is 17.6 Å². The highest BCUT2D eigenvalue weighted by molar-refractivity contribution is 5.71. The number of hydrogen-bond acceptors (Lipinski definition) is 5. The molecule has 0 atom stereocenters. The SMILES string of the molecule is CCOC(=O)COc1cc(-c2cncc(F)c2)n(-c2ccccc2F)n1. The molecule has 0 saturated heterocycles. The van der Waals surface area contributed by atoms with Gasteiger partial charge in [0, 0.05) is 17.8 Å². The normalized spacial score (nSPS) is 10.6. The molecule has 3 rings (SSSR count). The summed E-state index contributed by atoms with van der Waals surface area (Å²) in [4.78, 5) is 15.2. The van der Waals surface area contributed by atoms with Gasteiger partial charge in [0.15, 0.2) is 6.61 Å². The van der Waals surface area contributed by atoms with E-state index in [1.807, 2.05) is 0 Å². The fourth-order valence-electron chi connectivity index (χ4n) is 2.33. The Bertz CT molecular complexity index is 928. The van der Waals surface area contributed by atoms with Crippen LogP contribution in [0.4, 0.5) is 8.78 Å². The quantitative estimate of drug-likeness (QED) is 0.633. The Morgan fingerprint density at radius 2 is 2.00 bits per heavy atom. The Morgan fingerprint density at radius 1 is 1.19 bits per heavy atom. The van der Waals surface area contributed by atoms with Gasteiger partial charge in [-0.2, -0.15) is 0 Å². The lowest BCUT2D eigenvalue weighted by atomic mass is 10.2. The van der Waals surface area contributed by atoms with Crippen LogP contribution in [0.3, 0.4) is 0 Å². The van der Waals surface area contributed by atoms with Gasteiger partial charge in [0.2, 0.25) is 5.88 Å². The van der Waals surface area contributed by atoms with Gasteiger partial charge in [-0.05, 0) is 25.1 Å². The molecule has 0 spiro atoms. The number of aromatic nitrogens is 3. The van der Waals surface area contributed by atoms with Gasteiger partial charge in [0.1, 0.15) is 17.3 Å². The van der Waals surface area contributed by atoms with E-state index in [0.29, 0.717) is 11.3 Å². The maximum Gasteiger partial charge on any atom is 0.344 e.